The number of nitrogens with zero attached hydrogens (tertiary/aromatic N) is 6. The highest BCUT2D eigenvalue weighted by Crippen LogP contribution is 2.49. The molecule has 0 aliphatic heterocycles. The Bertz CT molecular complexity index is 4340. The molecule has 10 aromatic carbocycles. The van der Waals surface area contributed by atoms with Crippen molar-refractivity contribution < 1.29 is 0 Å². The minimum atomic E-state index is 0.384. The average Bonchev–Trinajstić information content (AvgIpc) is 4.11. The van der Waals surface area contributed by atoms with Crippen LogP contribution in [0.1, 0.15) is 11.1 Å². The lowest BCUT2D eigenvalue weighted by atomic mass is 9.98. The van der Waals surface area contributed by atoms with Crippen molar-refractivity contribution in [1.82, 2.24) is 18.3 Å². The van der Waals surface area contributed by atoms with E-state index in [0.29, 0.717) is 28.2 Å². The van der Waals surface area contributed by atoms with Gasteiger partial charge in [0.15, 0.2) is 0 Å². The van der Waals surface area contributed by atoms with Gasteiger partial charge in [-0.3, -0.25) is 0 Å². The Morgan fingerprint density at radius 1 is 0.242 bits per heavy atom. The third-order valence-corrected chi connectivity index (χ3v) is 13.8. The molecular weight excluding hydrogens is 805 g/mol. The molecule has 0 fully saturated rings. The first kappa shape index (κ1) is 36.2. The molecule has 0 aliphatic carbocycles. The van der Waals surface area contributed by atoms with Gasteiger partial charge in [-0.25, -0.2) is 0 Å². The van der Waals surface area contributed by atoms with E-state index in [1.165, 1.54) is 0 Å². The summed E-state index contributed by atoms with van der Waals surface area (Å²) < 4.78 is 9.08. The topological polar surface area (TPSA) is 67.3 Å². The van der Waals surface area contributed by atoms with Gasteiger partial charge >= 0.3 is 0 Å². The zero-order valence-corrected chi connectivity index (χ0v) is 35.3. The molecule has 0 amide bonds. The van der Waals surface area contributed by atoms with Crippen LogP contribution in [-0.4, -0.2) is 18.3 Å². The SMILES string of the molecule is N#Cc1c(-n2c3ccccc3c3ccccc32)c(C#N)c(-n2c3ccccc3c3c4ccccc4ccc32)c(-n2c3ccccc3c3ccccc32)c1-n1c2ccccc2c2ccccc21. The number of nitriles is 2. The maximum absolute atomic E-state index is 12.3. The van der Waals surface area contributed by atoms with Crippen LogP contribution < -0.4 is 0 Å². The van der Waals surface area contributed by atoms with Crippen molar-refractivity contribution >= 4 is 98.0 Å². The lowest BCUT2D eigenvalue weighted by Crippen LogP contribution is -2.16. The number of para-hydroxylation sites is 7. The molecule has 4 heterocycles. The summed E-state index contributed by atoms with van der Waals surface area (Å²) in [6.45, 7) is 0. The lowest BCUT2D eigenvalue weighted by Gasteiger charge is -2.27. The minimum Gasteiger partial charge on any atom is -0.306 e. The van der Waals surface area contributed by atoms with Gasteiger partial charge in [0.1, 0.15) is 23.3 Å². The second kappa shape index (κ2) is 13.6. The highest BCUT2D eigenvalue weighted by atomic mass is 15.1. The molecule has 0 radical (unpaired) electrons. The maximum atomic E-state index is 12.3. The maximum Gasteiger partial charge on any atom is 0.104 e. The van der Waals surface area contributed by atoms with Crippen LogP contribution in [-0.2, 0) is 0 Å². The van der Waals surface area contributed by atoms with Crippen molar-refractivity contribution in [3.05, 3.63) is 217 Å². The summed E-state index contributed by atoms with van der Waals surface area (Å²) in [4.78, 5) is 0. The van der Waals surface area contributed by atoms with Crippen LogP contribution in [0.4, 0.5) is 0 Å². The lowest BCUT2D eigenvalue weighted by molar-refractivity contribution is 1.02. The van der Waals surface area contributed by atoms with Crippen molar-refractivity contribution in [3.8, 4) is 34.9 Å². The molecule has 0 spiro atoms. The van der Waals surface area contributed by atoms with Crippen molar-refractivity contribution in [2.24, 2.45) is 0 Å². The molecule has 0 saturated carbocycles. The molecular formula is C60H34N6. The largest absolute Gasteiger partial charge is 0.306 e. The second-order valence-electron chi connectivity index (χ2n) is 17.0. The van der Waals surface area contributed by atoms with Gasteiger partial charge in [0.05, 0.1) is 66.9 Å². The molecule has 66 heavy (non-hydrogen) atoms. The number of aromatic nitrogens is 4. The molecule has 0 saturated heterocycles. The van der Waals surface area contributed by atoms with Gasteiger partial charge in [0.25, 0.3) is 0 Å². The molecule has 6 nitrogen and oxygen atoms in total. The van der Waals surface area contributed by atoms with E-state index in [4.69, 9.17) is 0 Å². The van der Waals surface area contributed by atoms with Crippen LogP contribution in [0.15, 0.2) is 206 Å². The third-order valence-electron chi connectivity index (χ3n) is 13.8. The van der Waals surface area contributed by atoms with Gasteiger partial charge in [-0.2, -0.15) is 10.5 Å². The predicted molar refractivity (Wildman–Crippen MR) is 271 cm³/mol. The summed E-state index contributed by atoms with van der Waals surface area (Å²) in [6.07, 6.45) is 0. The van der Waals surface area contributed by atoms with Crippen molar-refractivity contribution in [1.29, 1.82) is 10.5 Å². The van der Waals surface area contributed by atoms with E-state index in [-0.39, 0.29) is 0 Å². The highest BCUT2D eigenvalue weighted by molar-refractivity contribution is 6.22. The van der Waals surface area contributed by atoms with Crippen molar-refractivity contribution in [3.63, 3.8) is 0 Å². The molecule has 0 unspecified atom stereocenters. The van der Waals surface area contributed by atoms with Crippen LogP contribution in [0, 0.1) is 22.7 Å². The first-order valence-corrected chi connectivity index (χ1v) is 22.2. The fourth-order valence-electron chi connectivity index (χ4n) is 11.3. The van der Waals surface area contributed by atoms with Gasteiger partial charge < -0.3 is 18.3 Å². The Hall–Kier alpha value is -9.36. The van der Waals surface area contributed by atoms with E-state index in [1.54, 1.807) is 0 Å². The molecule has 4 aromatic heterocycles. The highest BCUT2D eigenvalue weighted by Gasteiger charge is 2.34. The summed E-state index contributed by atoms with van der Waals surface area (Å²) in [7, 11) is 0. The van der Waals surface area contributed by atoms with E-state index < -0.39 is 0 Å². The van der Waals surface area contributed by atoms with Crippen LogP contribution >= 0.6 is 0 Å². The first-order valence-electron chi connectivity index (χ1n) is 22.2. The number of rotatable bonds is 4. The summed E-state index contributed by atoms with van der Waals surface area (Å²) in [5, 5.41) is 35.3. The van der Waals surface area contributed by atoms with Crippen molar-refractivity contribution in [2.75, 3.05) is 0 Å². The standard InChI is InChI=1S/C60H34N6/c61-35-46-57(63-48-26-10-3-19-39(48)40-20-4-11-27-49(40)63)47(36-62)59(66-54-32-16-9-25-45(54)56-38-18-2-1-17-37(38)33-34-55(56)66)60(65-52-30-14-7-23-43(52)44-24-8-15-31-53(44)65)58(46)64-50-28-12-5-21-41(50)42-22-6-13-29-51(42)64/h1-34H. The van der Waals surface area contributed by atoms with Gasteiger partial charge in [-0.05, 0) is 59.3 Å². The molecule has 6 heteroatoms. The predicted octanol–water partition coefficient (Wildman–Crippen LogP) is 15.0. The van der Waals surface area contributed by atoms with Crippen LogP contribution in [0.3, 0.4) is 0 Å². The third kappa shape index (κ3) is 4.66. The van der Waals surface area contributed by atoms with Crippen LogP contribution in [0.5, 0.6) is 0 Å². The minimum absolute atomic E-state index is 0.384. The molecule has 14 rings (SSSR count). The van der Waals surface area contributed by atoms with E-state index in [9.17, 15) is 10.5 Å². The van der Waals surface area contributed by atoms with Gasteiger partial charge in [0.2, 0.25) is 0 Å². The molecule has 0 N–H and O–H groups in total. The summed E-state index contributed by atoms with van der Waals surface area (Å²) in [6, 6.07) is 77.7. The fourth-order valence-corrected chi connectivity index (χ4v) is 11.3. The zero-order valence-electron chi connectivity index (χ0n) is 35.3. The number of fused-ring (bicyclic) bond motifs is 14. The molecule has 0 aliphatic rings. The molecule has 304 valence electrons. The van der Waals surface area contributed by atoms with Gasteiger partial charge in [0, 0.05) is 43.1 Å². The Kier molecular flexibility index (Phi) is 7.43. The number of benzene rings is 10. The van der Waals surface area contributed by atoms with Crippen molar-refractivity contribution in [2.45, 2.75) is 0 Å². The fraction of sp³-hybridized carbons (Fsp3) is 0. The first-order chi connectivity index (χ1) is 32.7. The number of hydrogen-bond donors (Lipinski definition) is 0. The Labute approximate surface area is 377 Å². The van der Waals surface area contributed by atoms with Gasteiger partial charge in [-0.1, -0.05) is 158 Å². The molecule has 14 aromatic rings. The molecule has 0 atom stereocenters. The van der Waals surface area contributed by atoms with E-state index in [2.05, 4.69) is 225 Å². The Morgan fingerprint density at radius 3 is 0.924 bits per heavy atom. The quantitative estimate of drug-likeness (QED) is 0.177. The Morgan fingerprint density at radius 2 is 0.530 bits per heavy atom. The Balaban J connectivity index is 1.35. The summed E-state index contributed by atoms with van der Waals surface area (Å²) in [5.41, 5.74) is 10.9. The smallest absolute Gasteiger partial charge is 0.104 e. The van der Waals surface area contributed by atoms with Crippen LogP contribution in [0.2, 0.25) is 0 Å². The van der Waals surface area contributed by atoms with E-state index >= 15 is 0 Å². The van der Waals surface area contributed by atoms with Crippen LogP contribution in [0.25, 0.3) is 121 Å². The summed E-state index contributed by atoms with van der Waals surface area (Å²) in [5.74, 6) is 0. The van der Waals surface area contributed by atoms with Gasteiger partial charge in [-0.15, -0.1) is 0 Å². The van der Waals surface area contributed by atoms with E-state index in [1.807, 2.05) is 12.1 Å². The molecule has 0 bridgehead atoms. The summed E-state index contributed by atoms with van der Waals surface area (Å²) >= 11 is 0. The monoisotopic (exact) mass is 838 g/mol. The second-order valence-corrected chi connectivity index (χ2v) is 17.0. The van der Waals surface area contributed by atoms with E-state index in [0.717, 1.165) is 104 Å². The average molecular weight is 839 g/mol. The normalized spacial score (nSPS) is 11.9. The zero-order chi connectivity index (χ0) is 43.6. The number of hydrogen-bond acceptors (Lipinski definition) is 2.